The van der Waals surface area contributed by atoms with Gasteiger partial charge in [0.05, 0.1) is 12.2 Å². The van der Waals surface area contributed by atoms with Gasteiger partial charge in [0.1, 0.15) is 0 Å². The van der Waals surface area contributed by atoms with Crippen molar-refractivity contribution in [2.75, 3.05) is 9.62 Å². The Balaban J connectivity index is 1.77. The van der Waals surface area contributed by atoms with Crippen molar-refractivity contribution in [1.29, 1.82) is 0 Å². The van der Waals surface area contributed by atoms with Gasteiger partial charge in [0.25, 0.3) is 10.0 Å². The predicted molar refractivity (Wildman–Crippen MR) is 120 cm³/mol. The molecule has 0 saturated heterocycles. The first-order chi connectivity index (χ1) is 14.4. The average molecular weight is 439 g/mol. The van der Waals surface area contributed by atoms with E-state index in [0.717, 1.165) is 11.1 Å². The number of carbonyl (C=O) groups excluding carboxylic acids is 1. The second-order valence-electron chi connectivity index (χ2n) is 7.01. The highest BCUT2D eigenvalue weighted by atomic mass is 35.5. The Hall–Kier alpha value is -3.09. The lowest BCUT2D eigenvalue weighted by Crippen LogP contribution is -2.39. The number of para-hydroxylation sites is 1. The summed E-state index contributed by atoms with van der Waals surface area (Å²) in [5.74, 6) is -0.530. The Labute approximate surface area is 180 Å². The molecule has 1 aliphatic rings. The third-order valence-electron chi connectivity index (χ3n) is 4.84. The number of hydrogen-bond acceptors (Lipinski definition) is 4. The number of anilines is 2. The lowest BCUT2D eigenvalue weighted by Gasteiger charge is -2.31. The number of hydrogen-bond donors (Lipinski definition) is 1. The van der Waals surface area contributed by atoms with Crippen molar-refractivity contribution in [1.82, 2.24) is 0 Å². The molecule has 3 aromatic carbocycles. The van der Waals surface area contributed by atoms with Gasteiger partial charge in [0.15, 0.2) is 4.91 Å². The number of nitrogens with one attached hydrogen (secondary N) is 1. The number of sulfonamides is 1. The second-order valence-corrected chi connectivity index (χ2v) is 9.27. The molecule has 0 spiro atoms. The molecule has 0 unspecified atom stereocenters. The van der Waals surface area contributed by atoms with Gasteiger partial charge < -0.3 is 5.32 Å². The van der Waals surface area contributed by atoms with Gasteiger partial charge >= 0.3 is 0 Å². The van der Waals surface area contributed by atoms with Crippen LogP contribution in [0.2, 0.25) is 5.02 Å². The Morgan fingerprint density at radius 1 is 1.00 bits per heavy atom. The number of fused-ring (bicyclic) bond motifs is 1. The number of allylic oxidation sites excluding steroid dienone is 1. The molecule has 4 rings (SSSR count). The lowest BCUT2D eigenvalue weighted by molar-refractivity contribution is 0.104. The minimum absolute atomic E-state index is 0.0889. The van der Waals surface area contributed by atoms with Crippen LogP contribution in [-0.4, -0.2) is 14.2 Å². The number of ketones is 1. The number of aryl methyl sites for hydroxylation is 1. The summed E-state index contributed by atoms with van der Waals surface area (Å²) in [5.41, 5.74) is 3.20. The molecule has 152 valence electrons. The monoisotopic (exact) mass is 438 g/mol. The van der Waals surface area contributed by atoms with Crippen LogP contribution in [0.5, 0.6) is 0 Å². The number of benzene rings is 3. The summed E-state index contributed by atoms with van der Waals surface area (Å²) < 4.78 is 28.1. The van der Waals surface area contributed by atoms with Crippen molar-refractivity contribution in [3.05, 3.63) is 106 Å². The molecule has 0 amide bonds. The molecule has 30 heavy (non-hydrogen) atoms. The standard InChI is InChI=1S/C23H19ClN2O3S/c1-16-5-4-6-19(13-16)25-14-22-23(27)20-7-2-3-8-21(20)26(30(22,28)29)15-17-9-11-18(24)12-10-17/h2-14,25H,15H2,1H3. The largest absolute Gasteiger partial charge is 0.360 e. The lowest BCUT2D eigenvalue weighted by atomic mass is 10.1. The Morgan fingerprint density at radius 3 is 2.47 bits per heavy atom. The van der Waals surface area contributed by atoms with E-state index in [-0.39, 0.29) is 11.4 Å². The molecule has 3 aromatic rings. The van der Waals surface area contributed by atoms with Gasteiger partial charge in [-0.15, -0.1) is 0 Å². The topological polar surface area (TPSA) is 66.5 Å². The third kappa shape index (κ3) is 3.84. The van der Waals surface area contributed by atoms with Crippen LogP contribution in [0.3, 0.4) is 0 Å². The van der Waals surface area contributed by atoms with Crippen LogP contribution >= 0.6 is 11.6 Å². The van der Waals surface area contributed by atoms with Crippen molar-refractivity contribution in [3.63, 3.8) is 0 Å². The van der Waals surface area contributed by atoms with E-state index in [1.165, 1.54) is 10.5 Å². The van der Waals surface area contributed by atoms with Gasteiger partial charge in [-0.2, -0.15) is 0 Å². The van der Waals surface area contributed by atoms with E-state index >= 15 is 0 Å². The Kier molecular flexibility index (Phi) is 5.37. The molecule has 1 heterocycles. The van der Waals surface area contributed by atoms with Crippen molar-refractivity contribution >= 4 is 38.8 Å². The summed E-state index contributed by atoms with van der Waals surface area (Å²) in [4.78, 5) is 12.7. The van der Waals surface area contributed by atoms with Crippen molar-refractivity contribution in [3.8, 4) is 0 Å². The first-order valence-corrected chi connectivity index (χ1v) is 11.1. The van der Waals surface area contributed by atoms with Crippen molar-refractivity contribution in [2.45, 2.75) is 13.5 Å². The number of nitrogens with zero attached hydrogens (tertiary/aromatic N) is 1. The quantitative estimate of drug-likeness (QED) is 0.573. The molecular formula is C23H19ClN2O3S. The molecule has 7 heteroatoms. The summed E-state index contributed by atoms with van der Waals surface area (Å²) in [5, 5.41) is 3.53. The van der Waals surface area contributed by atoms with E-state index in [1.54, 1.807) is 48.5 Å². The van der Waals surface area contributed by atoms with E-state index in [9.17, 15) is 13.2 Å². The molecule has 0 fully saturated rings. The molecule has 1 aliphatic heterocycles. The normalized spacial score (nSPS) is 16.4. The van der Waals surface area contributed by atoms with E-state index in [4.69, 9.17) is 11.6 Å². The fourth-order valence-electron chi connectivity index (χ4n) is 3.33. The van der Waals surface area contributed by atoms with Crippen LogP contribution in [0.4, 0.5) is 11.4 Å². The Morgan fingerprint density at radius 2 is 1.73 bits per heavy atom. The maximum atomic E-state index is 13.4. The first-order valence-electron chi connectivity index (χ1n) is 9.30. The third-order valence-corrected chi connectivity index (χ3v) is 6.85. The summed E-state index contributed by atoms with van der Waals surface area (Å²) in [6, 6.07) is 21.2. The zero-order chi connectivity index (χ0) is 21.3. The highest BCUT2D eigenvalue weighted by Gasteiger charge is 2.40. The molecule has 0 radical (unpaired) electrons. The molecule has 0 saturated carbocycles. The summed E-state index contributed by atoms with van der Waals surface area (Å²) in [6.07, 6.45) is 1.28. The van der Waals surface area contributed by atoms with E-state index in [2.05, 4.69) is 5.32 Å². The van der Waals surface area contributed by atoms with Gasteiger partial charge in [-0.1, -0.05) is 48.0 Å². The van der Waals surface area contributed by atoms with Crippen LogP contribution in [0.1, 0.15) is 21.5 Å². The Bertz CT molecular complexity index is 1250. The molecule has 0 aliphatic carbocycles. The van der Waals surface area contributed by atoms with Crippen LogP contribution in [0.15, 0.2) is 83.9 Å². The maximum absolute atomic E-state index is 13.4. The fourth-order valence-corrected chi connectivity index (χ4v) is 4.98. The molecule has 0 atom stereocenters. The summed E-state index contributed by atoms with van der Waals surface area (Å²) in [7, 11) is -4.07. The SMILES string of the molecule is Cc1cccc(NC=C2C(=O)c3ccccc3N(Cc3ccc(Cl)cc3)S2(=O)=O)c1. The molecule has 5 nitrogen and oxygen atoms in total. The van der Waals surface area contributed by atoms with Gasteiger partial charge in [-0.05, 0) is 54.4 Å². The highest BCUT2D eigenvalue weighted by Crippen LogP contribution is 2.36. The molecular weight excluding hydrogens is 420 g/mol. The van der Waals surface area contributed by atoms with E-state index in [1.807, 2.05) is 31.2 Å². The van der Waals surface area contributed by atoms with Gasteiger partial charge in [0.2, 0.25) is 5.78 Å². The number of Topliss-reactive ketones (excluding diaryl/α,β-unsaturated/α-hetero) is 1. The molecule has 0 aromatic heterocycles. The van der Waals surface area contributed by atoms with Gasteiger partial charge in [-0.3, -0.25) is 9.10 Å². The van der Waals surface area contributed by atoms with Gasteiger partial charge in [0, 0.05) is 22.5 Å². The first kappa shape index (κ1) is 20.2. The van der Waals surface area contributed by atoms with Crippen LogP contribution in [-0.2, 0) is 16.6 Å². The summed E-state index contributed by atoms with van der Waals surface area (Å²) >= 11 is 5.95. The number of carbonyl (C=O) groups is 1. The number of halogens is 1. The number of rotatable bonds is 4. The van der Waals surface area contributed by atoms with Crippen molar-refractivity contribution < 1.29 is 13.2 Å². The fraction of sp³-hybridized carbons (Fsp3) is 0.0870. The minimum Gasteiger partial charge on any atom is -0.360 e. The molecule has 0 bridgehead atoms. The average Bonchev–Trinajstić information content (AvgIpc) is 2.72. The van der Waals surface area contributed by atoms with Gasteiger partial charge in [-0.25, -0.2) is 8.42 Å². The van der Waals surface area contributed by atoms with Crippen LogP contribution < -0.4 is 9.62 Å². The molecule has 1 N–H and O–H groups in total. The second kappa shape index (κ2) is 7.97. The van der Waals surface area contributed by atoms with E-state index < -0.39 is 15.8 Å². The summed E-state index contributed by atoms with van der Waals surface area (Å²) in [6.45, 7) is 2.02. The van der Waals surface area contributed by atoms with Crippen LogP contribution in [0, 0.1) is 6.92 Å². The van der Waals surface area contributed by atoms with Crippen LogP contribution in [0.25, 0.3) is 0 Å². The predicted octanol–water partition coefficient (Wildman–Crippen LogP) is 5.13. The maximum Gasteiger partial charge on any atom is 0.270 e. The smallest absolute Gasteiger partial charge is 0.270 e. The van der Waals surface area contributed by atoms with E-state index in [0.29, 0.717) is 22.0 Å². The van der Waals surface area contributed by atoms with Crippen molar-refractivity contribution in [2.24, 2.45) is 0 Å². The zero-order valence-electron chi connectivity index (χ0n) is 16.2. The highest BCUT2D eigenvalue weighted by molar-refractivity contribution is 7.97. The zero-order valence-corrected chi connectivity index (χ0v) is 17.7. The minimum atomic E-state index is -4.07.